The first kappa shape index (κ1) is 17.0. The maximum absolute atomic E-state index is 12.6. The van der Waals surface area contributed by atoms with Crippen LogP contribution in [0.15, 0.2) is 47.6 Å². The second kappa shape index (κ2) is 6.94. The van der Waals surface area contributed by atoms with E-state index in [0.717, 1.165) is 16.7 Å². The first-order valence-electron chi connectivity index (χ1n) is 7.37. The monoisotopic (exact) mass is 358 g/mol. The van der Waals surface area contributed by atoms with Crippen molar-refractivity contribution in [2.45, 2.75) is 16.7 Å². The van der Waals surface area contributed by atoms with E-state index in [1.165, 1.54) is 25.4 Å². The summed E-state index contributed by atoms with van der Waals surface area (Å²) >= 11 is 0.995. The third-order valence-electron chi connectivity index (χ3n) is 3.69. The topological polar surface area (TPSA) is 96.8 Å². The van der Waals surface area contributed by atoms with Crippen molar-refractivity contribution in [3.05, 3.63) is 48.2 Å². The van der Waals surface area contributed by atoms with E-state index >= 15 is 0 Å². The van der Waals surface area contributed by atoms with Crippen LogP contribution in [0.4, 0.5) is 5.69 Å². The Kier molecular flexibility index (Phi) is 4.71. The summed E-state index contributed by atoms with van der Waals surface area (Å²) in [6.45, 7) is 0. The molecular weight excluding hydrogens is 344 g/mol. The van der Waals surface area contributed by atoms with Gasteiger partial charge in [0.15, 0.2) is 0 Å². The molecule has 0 bridgehead atoms. The smallest absolute Gasteiger partial charge is 0.338 e. The summed E-state index contributed by atoms with van der Waals surface area (Å²) in [5.74, 6) is -1.23. The average molecular weight is 358 g/mol. The summed E-state index contributed by atoms with van der Waals surface area (Å²) in [4.78, 5) is 41.3. The molecule has 25 heavy (non-hydrogen) atoms. The van der Waals surface area contributed by atoms with E-state index < -0.39 is 11.2 Å². The zero-order chi connectivity index (χ0) is 18.0. The first-order valence-corrected chi connectivity index (χ1v) is 8.25. The molecule has 1 saturated heterocycles. The first-order chi connectivity index (χ1) is 12.0. The Balaban J connectivity index is 1.83. The molecule has 1 aromatic carbocycles. The highest BCUT2D eigenvalue weighted by molar-refractivity contribution is 8.00. The van der Waals surface area contributed by atoms with Gasteiger partial charge in [-0.1, -0.05) is 11.8 Å². The molecule has 1 fully saturated rings. The van der Waals surface area contributed by atoms with Gasteiger partial charge in [-0.15, -0.1) is 0 Å². The standard InChI is InChI=1S/C17H14N2O5S/c1-24-11-6-4-10(5-7-11)19-14(20)9-13(16(19)21)25-15-12(17(22)23)3-2-8-18-15/h2-8,13H,9H2,1H3,(H,22,23). The van der Waals surface area contributed by atoms with Gasteiger partial charge in [0, 0.05) is 12.6 Å². The quantitative estimate of drug-likeness (QED) is 0.819. The third kappa shape index (κ3) is 3.34. The lowest BCUT2D eigenvalue weighted by Gasteiger charge is -2.15. The summed E-state index contributed by atoms with van der Waals surface area (Å²) in [5.41, 5.74) is 0.467. The maximum Gasteiger partial charge on any atom is 0.338 e. The summed E-state index contributed by atoms with van der Waals surface area (Å²) in [5, 5.41) is 8.72. The molecule has 1 unspecified atom stereocenters. The minimum absolute atomic E-state index is 0.00877. The molecule has 0 spiro atoms. The van der Waals surface area contributed by atoms with Crippen molar-refractivity contribution >= 4 is 35.2 Å². The van der Waals surface area contributed by atoms with Crippen LogP contribution in [0, 0.1) is 0 Å². The highest BCUT2D eigenvalue weighted by Crippen LogP contribution is 2.34. The van der Waals surface area contributed by atoms with Crippen LogP contribution in [-0.2, 0) is 9.59 Å². The van der Waals surface area contributed by atoms with Crippen molar-refractivity contribution < 1.29 is 24.2 Å². The number of rotatable bonds is 5. The molecule has 2 amide bonds. The van der Waals surface area contributed by atoms with E-state index in [1.54, 1.807) is 24.3 Å². The van der Waals surface area contributed by atoms with Crippen molar-refractivity contribution in [1.82, 2.24) is 4.98 Å². The van der Waals surface area contributed by atoms with Gasteiger partial charge in [0.2, 0.25) is 11.8 Å². The number of thioether (sulfide) groups is 1. The average Bonchev–Trinajstić information content (AvgIpc) is 2.89. The number of carbonyl (C=O) groups excluding carboxylic acids is 2. The van der Waals surface area contributed by atoms with Gasteiger partial charge in [-0.2, -0.15) is 0 Å². The maximum atomic E-state index is 12.6. The van der Waals surface area contributed by atoms with Crippen LogP contribution in [0.2, 0.25) is 0 Å². The number of hydrogen-bond donors (Lipinski definition) is 1. The number of carboxylic acid groups (broad SMARTS) is 1. The molecule has 1 aliphatic rings. The van der Waals surface area contributed by atoms with E-state index in [1.807, 2.05) is 0 Å². The van der Waals surface area contributed by atoms with Crippen LogP contribution < -0.4 is 9.64 Å². The summed E-state index contributed by atoms with van der Waals surface area (Å²) in [6, 6.07) is 9.52. The van der Waals surface area contributed by atoms with Gasteiger partial charge in [0.25, 0.3) is 0 Å². The van der Waals surface area contributed by atoms with Crippen LogP contribution in [0.3, 0.4) is 0 Å². The van der Waals surface area contributed by atoms with Crippen molar-refractivity contribution in [2.24, 2.45) is 0 Å². The molecule has 8 heteroatoms. The minimum atomic E-state index is -1.13. The van der Waals surface area contributed by atoms with Crippen molar-refractivity contribution in [3.8, 4) is 5.75 Å². The molecule has 1 N–H and O–H groups in total. The van der Waals surface area contributed by atoms with Gasteiger partial charge in [-0.25, -0.2) is 14.7 Å². The number of carboxylic acids is 1. The van der Waals surface area contributed by atoms with E-state index in [2.05, 4.69) is 4.98 Å². The van der Waals surface area contributed by atoms with Crippen LogP contribution in [-0.4, -0.2) is 40.2 Å². The summed E-state index contributed by atoms with van der Waals surface area (Å²) < 4.78 is 5.06. The Bertz CT molecular complexity index is 837. The fourth-order valence-electron chi connectivity index (χ4n) is 2.48. The molecular formula is C17H14N2O5S. The lowest BCUT2D eigenvalue weighted by molar-refractivity contribution is -0.121. The van der Waals surface area contributed by atoms with Gasteiger partial charge in [0.1, 0.15) is 10.8 Å². The Morgan fingerprint density at radius 1 is 1.28 bits per heavy atom. The number of anilines is 1. The summed E-state index contributed by atoms with van der Waals surface area (Å²) in [7, 11) is 1.53. The third-order valence-corrected chi connectivity index (χ3v) is 4.89. The number of carbonyl (C=O) groups is 3. The number of aromatic carboxylic acids is 1. The number of pyridine rings is 1. The Morgan fingerprint density at radius 3 is 2.64 bits per heavy atom. The predicted molar refractivity (Wildman–Crippen MR) is 90.9 cm³/mol. The minimum Gasteiger partial charge on any atom is -0.497 e. The van der Waals surface area contributed by atoms with Crippen LogP contribution in [0.1, 0.15) is 16.8 Å². The second-order valence-electron chi connectivity index (χ2n) is 5.24. The molecule has 128 valence electrons. The molecule has 0 radical (unpaired) electrons. The molecule has 1 aromatic heterocycles. The molecule has 2 aromatic rings. The van der Waals surface area contributed by atoms with Crippen molar-refractivity contribution in [3.63, 3.8) is 0 Å². The highest BCUT2D eigenvalue weighted by Gasteiger charge is 2.40. The number of benzene rings is 1. The summed E-state index contributed by atoms with van der Waals surface area (Å²) in [6.07, 6.45) is 1.45. The van der Waals surface area contributed by atoms with E-state index in [-0.39, 0.29) is 28.8 Å². The molecule has 3 rings (SSSR count). The van der Waals surface area contributed by atoms with E-state index in [9.17, 15) is 19.5 Å². The number of methoxy groups -OCH3 is 1. The van der Waals surface area contributed by atoms with Gasteiger partial charge in [-0.3, -0.25) is 9.59 Å². The number of amides is 2. The van der Waals surface area contributed by atoms with Gasteiger partial charge < -0.3 is 9.84 Å². The van der Waals surface area contributed by atoms with E-state index in [0.29, 0.717) is 11.4 Å². The molecule has 0 saturated carbocycles. The fraction of sp³-hybridized carbons (Fsp3) is 0.176. The lowest BCUT2D eigenvalue weighted by atomic mass is 10.3. The molecule has 7 nitrogen and oxygen atoms in total. The van der Waals surface area contributed by atoms with Gasteiger partial charge in [0.05, 0.1) is 23.6 Å². The van der Waals surface area contributed by atoms with Crippen LogP contribution in [0.5, 0.6) is 5.75 Å². The number of ether oxygens (including phenoxy) is 1. The Hall–Kier alpha value is -2.87. The number of nitrogens with zero attached hydrogens (tertiary/aromatic N) is 2. The lowest BCUT2D eigenvalue weighted by Crippen LogP contribution is -2.31. The Labute approximate surface area is 147 Å². The SMILES string of the molecule is COc1ccc(N2C(=O)CC(Sc3ncccc3C(=O)O)C2=O)cc1. The molecule has 1 atom stereocenters. The van der Waals surface area contributed by atoms with Crippen molar-refractivity contribution in [1.29, 1.82) is 0 Å². The van der Waals surface area contributed by atoms with E-state index in [4.69, 9.17) is 4.74 Å². The molecule has 1 aliphatic heterocycles. The number of aromatic nitrogens is 1. The number of imide groups is 1. The Morgan fingerprint density at radius 2 is 2.00 bits per heavy atom. The fourth-order valence-corrected chi connectivity index (χ4v) is 3.59. The largest absolute Gasteiger partial charge is 0.497 e. The normalized spacial score (nSPS) is 17.0. The molecule has 0 aliphatic carbocycles. The van der Waals surface area contributed by atoms with Crippen LogP contribution >= 0.6 is 11.8 Å². The van der Waals surface area contributed by atoms with Crippen molar-refractivity contribution in [2.75, 3.05) is 12.0 Å². The zero-order valence-electron chi connectivity index (χ0n) is 13.2. The molecule has 2 heterocycles. The zero-order valence-corrected chi connectivity index (χ0v) is 14.0. The van der Waals surface area contributed by atoms with Gasteiger partial charge >= 0.3 is 5.97 Å². The van der Waals surface area contributed by atoms with Gasteiger partial charge in [-0.05, 0) is 36.4 Å². The van der Waals surface area contributed by atoms with Crippen LogP contribution in [0.25, 0.3) is 0 Å². The number of hydrogen-bond acceptors (Lipinski definition) is 6. The highest BCUT2D eigenvalue weighted by atomic mass is 32.2. The predicted octanol–water partition coefficient (Wildman–Crippen LogP) is 2.21. The second-order valence-corrected chi connectivity index (χ2v) is 6.43.